The second-order valence-electron chi connectivity index (χ2n) is 4.68. The molecule has 0 aliphatic heterocycles. The number of carbonyl (C=O) groups excluding carboxylic acids is 1. The maximum atomic E-state index is 12.2. The number of nitrogens with one attached hydrogen (secondary N) is 1. The minimum atomic E-state index is -0.137. The normalized spacial score (nSPS) is 12.1. The molecule has 0 aliphatic carbocycles. The van der Waals surface area contributed by atoms with E-state index in [-0.39, 0.29) is 11.9 Å². The van der Waals surface area contributed by atoms with E-state index in [0.29, 0.717) is 12.2 Å². The Morgan fingerprint density at radius 3 is 2.76 bits per heavy atom. The van der Waals surface area contributed by atoms with Crippen molar-refractivity contribution in [2.75, 3.05) is 13.7 Å². The monoisotopic (exact) mass is 351 g/mol. The van der Waals surface area contributed by atoms with E-state index in [1.807, 2.05) is 31.2 Å². The van der Waals surface area contributed by atoms with E-state index in [2.05, 4.69) is 26.3 Å². The van der Waals surface area contributed by atoms with E-state index >= 15 is 0 Å². The summed E-state index contributed by atoms with van der Waals surface area (Å²) in [5.74, 6) is -0.137. The molecule has 1 aromatic carbocycles. The van der Waals surface area contributed by atoms with Crippen LogP contribution in [0.1, 0.15) is 23.7 Å². The molecule has 0 saturated heterocycles. The smallest absolute Gasteiger partial charge is 0.254 e. The topological polar surface area (TPSA) is 56.1 Å². The third kappa shape index (κ3) is 4.15. The first kappa shape index (κ1) is 15.7. The molecule has 0 radical (unpaired) electrons. The van der Waals surface area contributed by atoms with Gasteiger partial charge in [-0.2, -0.15) is 5.10 Å². The van der Waals surface area contributed by atoms with Crippen molar-refractivity contribution >= 4 is 21.8 Å². The Bertz CT molecular complexity index is 595. The molecule has 1 N–H and O–H groups in total. The largest absolute Gasteiger partial charge is 0.383 e. The van der Waals surface area contributed by atoms with Crippen molar-refractivity contribution in [2.45, 2.75) is 19.4 Å². The molecule has 1 atom stereocenters. The van der Waals surface area contributed by atoms with Crippen LogP contribution in [0.2, 0.25) is 0 Å². The first-order valence-electron chi connectivity index (χ1n) is 6.74. The summed E-state index contributed by atoms with van der Waals surface area (Å²) < 4.78 is 7.76. The molecule has 0 aliphatic rings. The Kier molecular flexibility index (Phi) is 5.52. The lowest BCUT2D eigenvalue weighted by Gasteiger charge is -2.14. The van der Waals surface area contributed by atoms with Crippen LogP contribution in [0.4, 0.5) is 0 Å². The van der Waals surface area contributed by atoms with Gasteiger partial charge in [0, 0.05) is 17.8 Å². The molecule has 1 aromatic heterocycles. The maximum Gasteiger partial charge on any atom is 0.254 e. The highest BCUT2D eigenvalue weighted by Gasteiger charge is 2.14. The van der Waals surface area contributed by atoms with E-state index in [1.165, 1.54) is 0 Å². The number of nitrogens with zero attached hydrogens (tertiary/aromatic N) is 2. The number of halogens is 1. The predicted octanol–water partition coefficient (Wildman–Crippen LogP) is 2.79. The molecule has 0 saturated carbocycles. The van der Waals surface area contributed by atoms with Crippen LogP contribution < -0.4 is 5.32 Å². The number of aromatic nitrogens is 2. The summed E-state index contributed by atoms with van der Waals surface area (Å²) in [5.41, 5.74) is 1.44. The van der Waals surface area contributed by atoms with Gasteiger partial charge >= 0.3 is 0 Å². The lowest BCUT2D eigenvalue weighted by Crippen LogP contribution is -2.37. The van der Waals surface area contributed by atoms with Crippen molar-refractivity contribution in [1.82, 2.24) is 15.1 Å². The summed E-state index contributed by atoms with van der Waals surface area (Å²) in [4.78, 5) is 12.2. The van der Waals surface area contributed by atoms with Gasteiger partial charge in [0.1, 0.15) is 0 Å². The average molecular weight is 352 g/mol. The van der Waals surface area contributed by atoms with Crippen LogP contribution in [-0.4, -0.2) is 35.4 Å². The van der Waals surface area contributed by atoms with Gasteiger partial charge in [0.05, 0.1) is 30.1 Å². The Hall–Kier alpha value is -1.66. The molecule has 0 spiro atoms. The number of hydrogen-bond acceptors (Lipinski definition) is 3. The lowest BCUT2D eigenvalue weighted by molar-refractivity contribution is 0.0894. The zero-order valence-corrected chi connectivity index (χ0v) is 13.6. The summed E-state index contributed by atoms with van der Waals surface area (Å²) in [6, 6.07) is 7.74. The van der Waals surface area contributed by atoms with Crippen LogP contribution in [0.15, 0.2) is 41.1 Å². The number of methoxy groups -OCH3 is 1. The third-order valence-corrected chi connectivity index (χ3v) is 3.66. The van der Waals surface area contributed by atoms with Crippen molar-refractivity contribution < 1.29 is 9.53 Å². The Labute approximate surface area is 132 Å². The van der Waals surface area contributed by atoms with Crippen LogP contribution in [0, 0.1) is 0 Å². The van der Waals surface area contributed by atoms with E-state index < -0.39 is 0 Å². The van der Waals surface area contributed by atoms with Crippen LogP contribution in [0.25, 0.3) is 5.69 Å². The molecule has 1 amide bonds. The number of benzene rings is 1. The van der Waals surface area contributed by atoms with Crippen LogP contribution in [-0.2, 0) is 4.74 Å². The fourth-order valence-electron chi connectivity index (χ4n) is 1.91. The highest BCUT2D eigenvalue weighted by Crippen LogP contribution is 2.14. The molecular formula is C15H18BrN3O2. The van der Waals surface area contributed by atoms with E-state index in [4.69, 9.17) is 4.74 Å². The molecule has 2 aromatic rings. The standard InChI is InChI=1S/C15H18BrN3O2/c1-3-13(10-21-2)18-15(20)11-8-17-19(9-11)14-6-4-12(16)5-7-14/h4-9,13H,3,10H2,1-2H3,(H,18,20). The van der Waals surface area contributed by atoms with Crippen molar-refractivity contribution in [3.63, 3.8) is 0 Å². The molecule has 1 heterocycles. The molecule has 0 fully saturated rings. The molecule has 0 bridgehead atoms. The number of rotatable bonds is 6. The summed E-state index contributed by atoms with van der Waals surface area (Å²) in [6.45, 7) is 2.51. The van der Waals surface area contributed by atoms with Gasteiger partial charge < -0.3 is 10.1 Å². The number of amides is 1. The Morgan fingerprint density at radius 1 is 1.43 bits per heavy atom. The van der Waals surface area contributed by atoms with E-state index in [9.17, 15) is 4.79 Å². The Balaban J connectivity index is 2.08. The number of ether oxygens (including phenoxy) is 1. The zero-order chi connectivity index (χ0) is 15.2. The van der Waals surface area contributed by atoms with Crippen LogP contribution in [0.5, 0.6) is 0 Å². The molecule has 2 rings (SSSR count). The highest BCUT2D eigenvalue weighted by atomic mass is 79.9. The SMILES string of the molecule is CCC(COC)NC(=O)c1cnn(-c2ccc(Br)cc2)c1. The second kappa shape index (κ2) is 7.38. The minimum Gasteiger partial charge on any atom is -0.383 e. The summed E-state index contributed by atoms with van der Waals surface area (Å²) in [5, 5.41) is 7.16. The molecule has 6 heteroatoms. The highest BCUT2D eigenvalue weighted by molar-refractivity contribution is 9.10. The Morgan fingerprint density at radius 2 is 2.14 bits per heavy atom. The molecule has 5 nitrogen and oxygen atoms in total. The third-order valence-electron chi connectivity index (χ3n) is 3.13. The average Bonchev–Trinajstić information content (AvgIpc) is 2.97. The van der Waals surface area contributed by atoms with Crippen LogP contribution >= 0.6 is 15.9 Å². The minimum absolute atomic E-state index is 0.0125. The maximum absolute atomic E-state index is 12.2. The first-order chi connectivity index (χ1) is 10.1. The van der Waals surface area contributed by atoms with Gasteiger partial charge in [0.25, 0.3) is 5.91 Å². The van der Waals surface area contributed by atoms with Gasteiger partial charge in [-0.15, -0.1) is 0 Å². The first-order valence-corrected chi connectivity index (χ1v) is 7.53. The van der Waals surface area contributed by atoms with Crippen LogP contribution in [0.3, 0.4) is 0 Å². The number of carbonyl (C=O) groups is 1. The zero-order valence-electron chi connectivity index (χ0n) is 12.0. The van der Waals surface area contributed by atoms with Gasteiger partial charge in [-0.1, -0.05) is 22.9 Å². The fourth-order valence-corrected chi connectivity index (χ4v) is 2.17. The summed E-state index contributed by atoms with van der Waals surface area (Å²) in [7, 11) is 1.63. The molecule has 112 valence electrons. The second-order valence-corrected chi connectivity index (χ2v) is 5.60. The summed E-state index contributed by atoms with van der Waals surface area (Å²) >= 11 is 3.39. The predicted molar refractivity (Wildman–Crippen MR) is 84.7 cm³/mol. The molecule has 1 unspecified atom stereocenters. The summed E-state index contributed by atoms with van der Waals surface area (Å²) in [6.07, 6.45) is 4.11. The van der Waals surface area contributed by atoms with Crippen molar-refractivity contribution in [1.29, 1.82) is 0 Å². The van der Waals surface area contributed by atoms with Gasteiger partial charge in [0.15, 0.2) is 0 Å². The van der Waals surface area contributed by atoms with Crippen molar-refractivity contribution in [3.8, 4) is 5.69 Å². The quantitative estimate of drug-likeness (QED) is 0.870. The van der Waals surface area contributed by atoms with Crippen molar-refractivity contribution in [3.05, 3.63) is 46.7 Å². The fraction of sp³-hybridized carbons (Fsp3) is 0.333. The van der Waals surface area contributed by atoms with Crippen molar-refractivity contribution in [2.24, 2.45) is 0 Å². The van der Waals surface area contributed by atoms with Gasteiger partial charge in [-0.25, -0.2) is 4.68 Å². The van der Waals surface area contributed by atoms with E-state index in [1.54, 1.807) is 24.2 Å². The molecule has 21 heavy (non-hydrogen) atoms. The van der Waals surface area contributed by atoms with E-state index in [0.717, 1.165) is 16.6 Å². The lowest BCUT2D eigenvalue weighted by atomic mass is 10.2. The van der Waals surface area contributed by atoms with Gasteiger partial charge in [-0.3, -0.25) is 4.79 Å². The number of hydrogen-bond donors (Lipinski definition) is 1. The van der Waals surface area contributed by atoms with Gasteiger partial charge in [0.2, 0.25) is 0 Å². The molecular weight excluding hydrogens is 334 g/mol. The van der Waals surface area contributed by atoms with Gasteiger partial charge in [-0.05, 0) is 30.7 Å².